The van der Waals surface area contributed by atoms with E-state index in [1.54, 1.807) is 24.3 Å². The zero-order chi connectivity index (χ0) is 22.4. The number of benzene rings is 4. The number of aromatic nitrogens is 2. The lowest BCUT2D eigenvalue weighted by Crippen LogP contribution is -2.45. The summed E-state index contributed by atoms with van der Waals surface area (Å²) in [5.74, 6) is -0.265. The Balaban J connectivity index is 1.50. The van der Waals surface area contributed by atoms with Crippen LogP contribution in [-0.4, -0.2) is 21.0 Å². The highest BCUT2D eigenvalue weighted by molar-refractivity contribution is 6.12. The number of aliphatic hydroxyl groups is 1. The summed E-state index contributed by atoms with van der Waals surface area (Å²) < 4.78 is 0. The van der Waals surface area contributed by atoms with Gasteiger partial charge >= 0.3 is 0 Å². The predicted molar refractivity (Wildman–Crippen MR) is 127 cm³/mol. The number of imidazole rings is 1. The first-order valence-corrected chi connectivity index (χ1v) is 10.6. The van der Waals surface area contributed by atoms with Crippen molar-refractivity contribution in [3.8, 4) is 0 Å². The Morgan fingerprint density at radius 1 is 0.879 bits per heavy atom. The van der Waals surface area contributed by atoms with Crippen LogP contribution in [0.4, 0.5) is 17.1 Å². The van der Waals surface area contributed by atoms with Crippen LogP contribution in [0.2, 0.25) is 0 Å². The maximum absolute atomic E-state index is 13.6. The molecule has 33 heavy (non-hydrogen) atoms. The largest absolute Gasteiger partial charge is 0.363 e. The molecule has 0 fully saturated rings. The number of rotatable bonds is 4. The van der Waals surface area contributed by atoms with Gasteiger partial charge in [-0.15, -0.1) is 0 Å². The minimum absolute atomic E-state index is 0.265. The summed E-state index contributed by atoms with van der Waals surface area (Å²) >= 11 is 0. The van der Waals surface area contributed by atoms with Gasteiger partial charge in [-0.2, -0.15) is 0 Å². The molecule has 4 aromatic carbocycles. The molecule has 1 unspecified atom stereocenters. The van der Waals surface area contributed by atoms with Crippen molar-refractivity contribution >= 4 is 34.0 Å². The Hall–Kier alpha value is -4.42. The summed E-state index contributed by atoms with van der Waals surface area (Å²) in [4.78, 5) is 22.2. The SMILES string of the molecule is O=C1c2ccccc2C(O)(c2ccc3[nH][c]nc3c2)N1c1cccc(Nc2ccccc2)c1. The lowest BCUT2D eigenvalue weighted by Gasteiger charge is -2.35. The molecule has 6 rings (SSSR count). The van der Waals surface area contributed by atoms with Crippen LogP contribution in [0.3, 0.4) is 0 Å². The molecular formula is C27H19N4O2. The number of para-hydroxylation sites is 1. The maximum Gasteiger partial charge on any atom is 0.261 e. The number of anilines is 3. The molecule has 1 amide bonds. The average molecular weight is 431 g/mol. The number of amides is 1. The summed E-state index contributed by atoms with van der Waals surface area (Å²) in [6, 6.07) is 29.9. The molecule has 0 bridgehead atoms. The molecule has 1 aromatic heterocycles. The van der Waals surface area contributed by atoms with Crippen molar-refractivity contribution in [2.45, 2.75) is 5.72 Å². The molecule has 0 saturated carbocycles. The fraction of sp³-hybridized carbons (Fsp3) is 0.0370. The minimum Gasteiger partial charge on any atom is -0.363 e. The third-order valence-corrected chi connectivity index (χ3v) is 5.99. The molecule has 0 spiro atoms. The third-order valence-electron chi connectivity index (χ3n) is 5.99. The fourth-order valence-corrected chi connectivity index (χ4v) is 4.46. The molecule has 159 valence electrons. The molecule has 0 saturated heterocycles. The van der Waals surface area contributed by atoms with Crippen LogP contribution < -0.4 is 10.2 Å². The Morgan fingerprint density at radius 3 is 2.55 bits per heavy atom. The van der Waals surface area contributed by atoms with Gasteiger partial charge in [0.2, 0.25) is 0 Å². The number of nitrogens with one attached hydrogen (secondary N) is 2. The molecule has 1 aliphatic heterocycles. The topological polar surface area (TPSA) is 81.2 Å². The van der Waals surface area contributed by atoms with E-state index in [1.807, 2.05) is 72.8 Å². The van der Waals surface area contributed by atoms with E-state index in [2.05, 4.69) is 21.6 Å². The third kappa shape index (κ3) is 3.00. The number of aromatic amines is 1. The van der Waals surface area contributed by atoms with Crippen LogP contribution in [-0.2, 0) is 5.72 Å². The molecule has 5 aromatic rings. The summed E-state index contributed by atoms with van der Waals surface area (Å²) in [6.45, 7) is 0. The first kappa shape index (κ1) is 19.3. The van der Waals surface area contributed by atoms with E-state index < -0.39 is 5.72 Å². The molecule has 1 radical (unpaired) electrons. The van der Waals surface area contributed by atoms with E-state index in [-0.39, 0.29) is 5.91 Å². The smallest absolute Gasteiger partial charge is 0.261 e. The average Bonchev–Trinajstić information content (AvgIpc) is 3.41. The second-order valence-corrected chi connectivity index (χ2v) is 7.98. The van der Waals surface area contributed by atoms with Gasteiger partial charge in [-0.05, 0) is 48.5 Å². The van der Waals surface area contributed by atoms with Crippen LogP contribution in [0.25, 0.3) is 11.0 Å². The van der Waals surface area contributed by atoms with Gasteiger partial charge in [0, 0.05) is 33.8 Å². The number of carbonyl (C=O) groups is 1. The van der Waals surface area contributed by atoms with Gasteiger partial charge in [-0.25, -0.2) is 4.98 Å². The Labute approximate surface area is 190 Å². The molecule has 0 aliphatic carbocycles. The molecule has 1 atom stereocenters. The van der Waals surface area contributed by atoms with Crippen LogP contribution >= 0.6 is 0 Å². The molecule has 6 nitrogen and oxygen atoms in total. The maximum atomic E-state index is 13.6. The highest BCUT2D eigenvalue weighted by Gasteiger charge is 2.50. The lowest BCUT2D eigenvalue weighted by atomic mass is 9.93. The lowest BCUT2D eigenvalue weighted by molar-refractivity contribution is 0.0704. The number of fused-ring (bicyclic) bond motifs is 2. The number of nitrogens with zero attached hydrogens (tertiary/aromatic N) is 2. The van der Waals surface area contributed by atoms with Gasteiger partial charge in [0.05, 0.1) is 11.0 Å². The molecule has 6 heteroatoms. The zero-order valence-electron chi connectivity index (χ0n) is 17.5. The Morgan fingerprint density at radius 2 is 1.67 bits per heavy atom. The Kier molecular flexibility index (Phi) is 4.28. The molecular weight excluding hydrogens is 412 g/mol. The summed E-state index contributed by atoms with van der Waals surface area (Å²) in [5, 5.41) is 15.6. The molecule has 2 heterocycles. The van der Waals surface area contributed by atoms with E-state index in [4.69, 9.17) is 0 Å². The van der Waals surface area contributed by atoms with E-state index in [0.717, 1.165) is 16.9 Å². The van der Waals surface area contributed by atoms with Crippen LogP contribution in [0.5, 0.6) is 0 Å². The van der Waals surface area contributed by atoms with E-state index in [0.29, 0.717) is 27.9 Å². The predicted octanol–water partition coefficient (Wildman–Crippen LogP) is 4.96. The van der Waals surface area contributed by atoms with E-state index >= 15 is 0 Å². The van der Waals surface area contributed by atoms with Gasteiger partial charge < -0.3 is 15.4 Å². The van der Waals surface area contributed by atoms with E-state index in [9.17, 15) is 9.90 Å². The van der Waals surface area contributed by atoms with Crippen molar-refractivity contribution in [2.24, 2.45) is 0 Å². The monoisotopic (exact) mass is 431 g/mol. The van der Waals surface area contributed by atoms with Crippen molar-refractivity contribution in [3.05, 3.63) is 120 Å². The zero-order valence-corrected chi connectivity index (χ0v) is 17.5. The second-order valence-electron chi connectivity index (χ2n) is 7.98. The molecule has 3 N–H and O–H groups in total. The first-order chi connectivity index (χ1) is 16.1. The number of H-pyrrole nitrogens is 1. The summed E-state index contributed by atoms with van der Waals surface area (Å²) in [5.41, 5.74) is 3.65. The van der Waals surface area contributed by atoms with Gasteiger partial charge in [-0.1, -0.05) is 48.5 Å². The van der Waals surface area contributed by atoms with Gasteiger partial charge in [0.25, 0.3) is 5.91 Å². The summed E-state index contributed by atoms with van der Waals surface area (Å²) in [6.07, 6.45) is 2.72. The number of carbonyl (C=O) groups excluding carboxylic acids is 1. The second kappa shape index (κ2) is 7.32. The van der Waals surface area contributed by atoms with Crippen LogP contribution in [0.1, 0.15) is 21.5 Å². The highest BCUT2D eigenvalue weighted by atomic mass is 16.3. The van der Waals surface area contributed by atoms with Crippen LogP contribution in [0.15, 0.2) is 97.1 Å². The first-order valence-electron chi connectivity index (χ1n) is 10.6. The Bertz CT molecular complexity index is 1490. The number of hydrogen-bond acceptors (Lipinski definition) is 4. The highest BCUT2D eigenvalue weighted by Crippen LogP contribution is 2.45. The van der Waals surface area contributed by atoms with Crippen molar-refractivity contribution in [1.82, 2.24) is 9.97 Å². The van der Waals surface area contributed by atoms with Crippen LogP contribution in [0, 0.1) is 6.33 Å². The van der Waals surface area contributed by atoms with Gasteiger partial charge in [0.1, 0.15) is 0 Å². The standard InChI is InChI=1S/C27H19N4O2/c32-26-22-11-4-5-12-23(22)27(33,18-13-14-24-25(15-18)29-17-28-24)31(26)21-10-6-9-20(16-21)30-19-7-2-1-3-8-19/h1-16,30,33H,(H,28,29). The van der Waals surface area contributed by atoms with Crippen molar-refractivity contribution in [1.29, 1.82) is 0 Å². The van der Waals surface area contributed by atoms with E-state index in [1.165, 1.54) is 4.90 Å². The van der Waals surface area contributed by atoms with Gasteiger partial charge in [0.15, 0.2) is 12.1 Å². The van der Waals surface area contributed by atoms with Crippen molar-refractivity contribution < 1.29 is 9.90 Å². The number of hydrogen-bond donors (Lipinski definition) is 3. The minimum atomic E-state index is -1.69. The quantitative estimate of drug-likeness (QED) is 0.376. The van der Waals surface area contributed by atoms with Crippen molar-refractivity contribution in [2.75, 3.05) is 10.2 Å². The fourth-order valence-electron chi connectivity index (χ4n) is 4.46. The van der Waals surface area contributed by atoms with Gasteiger partial charge in [-0.3, -0.25) is 9.69 Å². The summed E-state index contributed by atoms with van der Waals surface area (Å²) in [7, 11) is 0. The molecule has 1 aliphatic rings. The van der Waals surface area contributed by atoms with Crippen molar-refractivity contribution in [3.63, 3.8) is 0 Å². The normalized spacial score (nSPS) is 17.4.